The predicted molar refractivity (Wildman–Crippen MR) is 109 cm³/mol. The molecule has 0 spiro atoms. The molecule has 4 rings (SSSR count). The molecule has 1 N–H and O–H groups in total. The van der Waals surface area contributed by atoms with Crippen molar-refractivity contribution in [3.63, 3.8) is 0 Å². The minimum absolute atomic E-state index is 0.0749. The van der Waals surface area contributed by atoms with Gasteiger partial charge in [0.2, 0.25) is 0 Å². The normalized spacial score (nSPS) is 16.0. The third-order valence-electron chi connectivity index (χ3n) is 5.44. The zero-order valence-corrected chi connectivity index (χ0v) is 16.0. The van der Waals surface area contributed by atoms with Crippen LogP contribution in [0.4, 0.5) is 0 Å². The molecule has 29 heavy (non-hydrogen) atoms. The van der Waals surface area contributed by atoms with Crippen LogP contribution in [0, 0.1) is 5.92 Å². The SMILES string of the molecule is O=C(COc1ccc2ccc(=O)oc2c1)N1CCC(C(O)c2ccccc2)CC1. The Morgan fingerprint density at radius 1 is 1.10 bits per heavy atom. The molecule has 1 aliphatic rings. The van der Waals surface area contributed by atoms with E-state index in [1.807, 2.05) is 30.3 Å². The van der Waals surface area contributed by atoms with E-state index in [1.165, 1.54) is 6.07 Å². The molecule has 1 atom stereocenters. The van der Waals surface area contributed by atoms with E-state index in [9.17, 15) is 14.7 Å². The molecule has 1 saturated heterocycles. The molecule has 6 nitrogen and oxygen atoms in total. The van der Waals surface area contributed by atoms with E-state index < -0.39 is 11.7 Å². The Morgan fingerprint density at radius 3 is 2.59 bits per heavy atom. The maximum Gasteiger partial charge on any atom is 0.336 e. The van der Waals surface area contributed by atoms with Crippen LogP contribution in [0.3, 0.4) is 0 Å². The zero-order chi connectivity index (χ0) is 20.2. The van der Waals surface area contributed by atoms with E-state index in [1.54, 1.807) is 29.2 Å². The average Bonchev–Trinajstić information content (AvgIpc) is 2.77. The molecule has 1 aromatic heterocycles. The molecule has 0 radical (unpaired) electrons. The predicted octanol–water partition coefficient (Wildman–Crippen LogP) is 3.14. The quantitative estimate of drug-likeness (QED) is 0.674. The molecule has 1 aliphatic heterocycles. The van der Waals surface area contributed by atoms with Crippen molar-refractivity contribution in [2.75, 3.05) is 19.7 Å². The maximum absolute atomic E-state index is 12.5. The van der Waals surface area contributed by atoms with Crippen molar-refractivity contribution in [2.45, 2.75) is 18.9 Å². The lowest BCUT2D eigenvalue weighted by Crippen LogP contribution is -2.42. The third kappa shape index (κ3) is 4.49. The number of rotatable bonds is 5. The average molecular weight is 393 g/mol. The zero-order valence-electron chi connectivity index (χ0n) is 16.0. The van der Waals surface area contributed by atoms with Crippen LogP contribution in [-0.2, 0) is 4.79 Å². The number of benzene rings is 2. The lowest BCUT2D eigenvalue weighted by Gasteiger charge is -2.34. The van der Waals surface area contributed by atoms with Gasteiger partial charge in [0.1, 0.15) is 11.3 Å². The molecular formula is C23H23NO5. The first-order valence-electron chi connectivity index (χ1n) is 9.78. The van der Waals surface area contributed by atoms with E-state index >= 15 is 0 Å². The van der Waals surface area contributed by atoms with E-state index in [4.69, 9.17) is 9.15 Å². The number of fused-ring (bicyclic) bond motifs is 1. The van der Waals surface area contributed by atoms with E-state index in [2.05, 4.69) is 0 Å². The van der Waals surface area contributed by atoms with Crippen LogP contribution in [0.1, 0.15) is 24.5 Å². The smallest absolute Gasteiger partial charge is 0.336 e. The molecule has 2 heterocycles. The molecular weight excluding hydrogens is 370 g/mol. The number of carbonyl (C=O) groups is 1. The van der Waals surface area contributed by atoms with Crippen LogP contribution in [-0.4, -0.2) is 35.6 Å². The number of ether oxygens (including phenoxy) is 1. The minimum Gasteiger partial charge on any atom is -0.484 e. The third-order valence-corrected chi connectivity index (χ3v) is 5.44. The number of piperidine rings is 1. The van der Waals surface area contributed by atoms with Crippen molar-refractivity contribution in [1.82, 2.24) is 4.90 Å². The first kappa shape index (κ1) is 19.2. The van der Waals surface area contributed by atoms with E-state index in [-0.39, 0.29) is 18.4 Å². The lowest BCUT2D eigenvalue weighted by molar-refractivity contribution is -0.135. The second-order valence-corrected chi connectivity index (χ2v) is 7.32. The van der Waals surface area contributed by atoms with E-state index in [0.717, 1.165) is 23.8 Å². The molecule has 1 amide bonds. The summed E-state index contributed by atoms with van der Waals surface area (Å²) < 4.78 is 10.8. The standard InChI is InChI=1S/C23H23NO5/c25-21(15-28-19-8-6-16-7-9-22(26)29-20(16)14-19)24-12-10-18(11-13-24)23(27)17-4-2-1-3-5-17/h1-9,14,18,23,27H,10-13,15H2. The lowest BCUT2D eigenvalue weighted by atomic mass is 9.87. The van der Waals surface area contributed by atoms with Crippen LogP contribution in [0.25, 0.3) is 11.0 Å². The number of hydrogen-bond acceptors (Lipinski definition) is 5. The monoisotopic (exact) mass is 393 g/mol. The summed E-state index contributed by atoms with van der Waals surface area (Å²) in [5.74, 6) is 0.535. The number of amides is 1. The molecule has 150 valence electrons. The van der Waals surface area contributed by atoms with Gasteiger partial charge >= 0.3 is 5.63 Å². The Labute approximate surface area is 168 Å². The summed E-state index contributed by atoms with van der Waals surface area (Å²) in [6.07, 6.45) is 1.00. The molecule has 1 fully saturated rings. The van der Waals surface area contributed by atoms with Crippen molar-refractivity contribution in [1.29, 1.82) is 0 Å². The number of carbonyl (C=O) groups excluding carboxylic acids is 1. The summed E-state index contributed by atoms with van der Waals surface area (Å²) in [4.78, 5) is 25.6. The fourth-order valence-electron chi connectivity index (χ4n) is 3.75. The molecule has 1 unspecified atom stereocenters. The summed E-state index contributed by atoms with van der Waals surface area (Å²) in [6, 6.07) is 17.8. The van der Waals surface area contributed by atoms with Gasteiger partial charge in [-0.1, -0.05) is 30.3 Å². The van der Waals surface area contributed by atoms with Gasteiger partial charge in [-0.2, -0.15) is 0 Å². The Bertz CT molecular complexity index is 1040. The molecule has 0 bridgehead atoms. The highest BCUT2D eigenvalue weighted by Gasteiger charge is 2.28. The molecule has 0 aliphatic carbocycles. The number of hydrogen-bond donors (Lipinski definition) is 1. The Morgan fingerprint density at radius 2 is 1.83 bits per heavy atom. The van der Waals surface area contributed by atoms with Crippen molar-refractivity contribution < 1.29 is 19.1 Å². The van der Waals surface area contributed by atoms with Gasteiger partial charge in [0.15, 0.2) is 6.61 Å². The maximum atomic E-state index is 12.5. The van der Waals surface area contributed by atoms with Gasteiger partial charge in [-0.05, 0) is 42.5 Å². The van der Waals surface area contributed by atoms with Gasteiger partial charge in [0.05, 0.1) is 6.10 Å². The highest BCUT2D eigenvalue weighted by Crippen LogP contribution is 2.30. The van der Waals surface area contributed by atoms with Crippen LogP contribution >= 0.6 is 0 Å². The van der Waals surface area contributed by atoms with Gasteiger partial charge < -0.3 is 19.2 Å². The summed E-state index contributed by atoms with van der Waals surface area (Å²) in [5, 5.41) is 11.4. The molecule has 6 heteroatoms. The van der Waals surface area contributed by atoms with Crippen LogP contribution in [0.5, 0.6) is 5.75 Å². The first-order chi connectivity index (χ1) is 14.1. The summed E-state index contributed by atoms with van der Waals surface area (Å²) in [7, 11) is 0. The fourth-order valence-corrected chi connectivity index (χ4v) is 3.75. The summed E-state index contributed by atoms with van der Waals surface area (Å²) in [5.41, 5.74) is 0.924. The van der Waals surface area contributed by atoms with Gasteiger partial charge in [0, 0.05) is 30.6 Å². The molecule has 2 aromatic carbocycles. The van der Waals surface area contributed by atoms with Crippen molar-refractivity contribution >= 4 is 16.9 Å². The highest BCUT2D eigenvalue weighted by molar-refractivity contribution is 5.79. The van der Waals surface area contributed by atoms with Crippen LogP contribution in [0.15, 0.2) is 69.9 Å². The second kappa shape index (κ2) is 8.49. The number of likely N-dealkylation sites (tertiary alicyclic amines) is 1. The molecule has 0 saturated carbocycles. The van der Waals surface area contributed by atoms with Gasteiger partial charge in [0.25, 0.3) is 5.91 Å². The van der Waals surface area contributed by atoms with Crippen LogP contribution in [0.2, 0.25) is 0 Å². The Hall–Kier alpha value is -3.12. The van der Waals surface area contributed by atoms with E-state index in [0.29, 0.717) is 24.4 Å². The number of aliphatic hydroxyl groups is 1. The minimum atomic E-state index is -0.503. The largest absolute Gasteiger partial charge is 0.484 e. The summed E-state index contributed by atoms with van der Waals surface area (Å²) >= 11 is 0. The van der Waals surface area contributed by atoms with Crippen molar-refractivity contribution in [3.8, 4) is 5.75 Å². The van der Waals surface area contributed by atoms with Gasteiger partial charge in [-0.3, -0.25) is 4.79 Å². The van der Waals surface area contributed by atoms with Crippen molar-refractivity contribution in [2.24, 2.45) is 5.92 Å². The first-order valence-corrected chi connectivity index (χ1v) is 9.78. The highest BCUT2D eigenvalue weighted by atomic mass is 16.5. The molecule has 3 aromatic rings. The van der Waals surface area contributed by atoms with Crippen LogP contribution < -0.4 is 10.4 Å². The summed E-state index contributed by atoms with van der Waals surface area (Å²) in [6.45, 7) is 1.13. The number of aliphatic hydroxyl groups excluding tert-OH is 1. The van der Waals surface area contributed by atoms with Crippen molar-refractivity contribution in [3.05, 3.63) is 76.6 Å². The number of nitrogens with zero attached hydrogens (tertiary/aromatic N) is 1. The topological polar surface area (TPSA) is 80.0 Å². The fraction of sp³-hybridized carbons (Fsp3) is 0.304. The Balaban J connectivity index is 1.30. The van der Waals surface area contributed by atoms with Gasteiger partial charge in [-0.25, -0.2) is 4.79 Å². The van der Waals surface area contributed by atoms with Gasteiger partial charge in [-0.15, -0.1) is 0 Å². The second-order valence-electron chi connectivity index (χ2n) is 7.32. The Kier molecular flexibility index (Phi) is 5.62.